The number of ether oxygens (including phenoxy) is 1. The molecular formula is C33H43N3O3S. The summed E-state index contributed by atoms with van der Waals surface area (Å²) in [5, 5.41) is 3.98. The normalized spacial score (nSPS) is 22.9. The van der Waals surface area contributed by atoms with Crippen molar-refractivity contribution in [1.29, 1.82) is 0 Å². The highest BCUT2D eigenvalue weighted by molar-refractivity contribution is 7.89. The maximum atomic E-state index is 12.6. The highest BCUT2D eigenvalue weighted by Gasteiger charge is 2.31. The molecule has 40 heavy (non-hydrogen) atoms. The van der Waals surface area contributed by atoms with E-state index in [1.165, 1.54) is 16.7 Å². The van der Waals surface area contributed by atoms with Crippen LogP contribution < -0.4 is 20.5 Å². The number of rotatable bonds is 11. The van der Waals surface area contributed by atoms with Gasteiger partial charge in [0.25, 0.3) is 0 Å². The first-order valence-electron chi connectivity index (χ1n) is 14.7. The first-order chi connectivity index (χ1) is 19.4. The number of hydrogen-bond acceptors (Lipinski definition) is 5. The largest absolute Gasteiger partial charge is 0.497 e. The topological polar surface area (TPSA) is 93.5 Å². The van der Waals surface area contributed by atoms with Crippen LogP contribution in [-0.2, 0) is 29.4 Å². The number of nitrogens with one attached hydrogen (secondary N) is 2. The van der Waals surface area contributed by atoms with E-state index in [1.54, 1.807) is 31.4 Å². The van der Waals surface area contributed by atoms with Crippen molar-refractivity contribution in [2.24, 2.45) is 17.6 Å². The SMILES string of the molecule is COc1ccc2c(c1)CCC(NCC1CCC(CNS(=O)(=O)c3ccccc3)CC1)C2Cc1ccc(CN)cc1. The van der Waals surface area contributed by atoms with Gasteiger partial charge in [-0.05, 0) is 110 Å². The summed E-state index contributed by atoms with van der Waals surface area (Å²) in [6, 6.07) is 24.4. The van der Waals surface area contributed by atoms with Gasteiger partial charge in [0.05, 0.1) is 12.0 Å². The summed E-state index contributed by atoms with van der Waals surface area (Å²) in [5.74, 6) is 2.36. The van der Waals surface area contributed by atoms with Crippen LogP contribution in [0.4, 0.5) is 0 Å². The molecule has 2 aliphatic rings. The minimum absolute atomic E-state index is 0.338. The third kappa shape index (κ3) is 7.13. The second kappa shape index (κ2) is 13.3. The van der Waals surface area contributed by atoms with E-state index in [-0.39, 0.29) is 0 Å². The summed E-state index contributed by atoms with van der Waals surface area (Å²) in [4.78, 5) is 0.338. The number of aryl methyl sites for hydroxylation is 1. The van der Waals surface area contributed by atoms with Crippen molar-refractivity contribution in [1.82, 2.24) is 10.0 Å². The van der Waals surface area contributed by atoms with Crippen molar-refractivity contribution in [3.8, 4) is 5.75 Å². The lowest BCUT2D eigenvalue weighted by molar-refractivity contribution is 0.252. The summed E-state index contributed by atoms with van der Waals surface area (Å²) >= 11 is 0. The molecule has 0 spiro atoms. The molecule has 0 amide bonds. The number of benzene rings is 3. The molecule has 0 aliphatic heterocycles. The second-order valence-electron chi connectivity index (χ2n) is 11.5. The molecular weight excluding hydrogens is 518 g/mol. The molecule has 0 bridgehead atoms. The fourth-order valence-electron chi connectivity index (χ4n) is 6.45. The van der Waals surface area contributed by atoms with Gasteiger partial charge < -0.3 is 15.8 Å². The van der Waals surface area contributed by atoms with E-state index in [2.05, 4.69) is 52.5 Å². The maximum absolute atomic E-state index is 12.6. The molecule has 0 radical (unpaired) electrons. The fraction of sp³-hybridized carbons (Fsp3) is 0.455. The molecule has 7 heteroatoms. The summed E-state index contributed by atoms with van der Waals surface area (Å²) in [5.41, 5.74) is 11.2. The lowest BCUT2D eigenvalue weighted by Gasteiger charge is -2.37. The number of methoxy groups -OCH3 is 1. The van der Waals surface area contributed by atoms with Crippen molar-refractivity contribution >= 4 is 10.0 Å². The van der Waals surface area contributed by atoms with Crippen LogP contribution in [0.1, 0.15) is 60.3 Å². The van der Waals surface area contributed by atoms with E-state index in [0.717, 1.165) is 62.8 Å². The van der Waals surface area contributed by atoms with E-state index in [4.69, 9.17) is 10.5 Å². The number of nitrogens with two attached hydrogens (primary N) is 1. The van der Waals surface area contributed by atoms with E-state index in [0.29, 0.717) is 41.8 Å². The molecule has 6 nitrogen and oxygen atoms in total. The lowest BCUT2D eigenvalue weighted by atomic mass is 9.75. The summed E-state index contributed by atoms with van der Waals surface area (Å²) in [7, 11) is -1.70. The van der Waals surface area contributed by atoms with Crippen molar-refractivity contribution in [2.45, 2.75) is 68.3 Å². The van der Waals surface area contributed by atoms with Crippen molar-refractivity contribution in [3.63, 3.8) is 0 Å². The first-order valence-corrected chi connectivity index (χ1v) is 16.2. The van der Waals surface area contributed by atoms with E-state index in [1.807, 2.05) is 6.07 Å². The average molecular weight is 562 g/mol. The van der Waals surface area contributed by atoms with Gasteiger partial charge in [-0.15, -0.1) is 0 Å². The Balaban J connectivity index is 1.17. The molecule has 3 aromatic carbocycles. The molecule has 0 aromatic heterocycles. The monoisotopic (exact) mass is 561 g/mol. The van der Waals surface area contributed by atoms with Crippen molar-refractivity contribution in [3.05, 3.63) is 95.1 Å². The molecule has 2 atom stereocenters. The molecule has 4 N–H and O–H groups in total. The zero-order chi connectivity index (χ0) is 28.0. The number of fused-ring (bicyclic) bond motifs is 1. The van der Waals surface area contributed by atoms with Crippen LogP contribution in [-0.4, -0.2) is 34.7 Å². The molecule has 1 fully saturated rings. The van der Waals surface area contributed by atoms with Gasteiger partial charge in [-0.3, -0.25) is 0 Å². The van der Waals surface area contributed by atoms with Crippen LogP contribution >= 0.6 is 0 Å². The molecule has 0 saturated heterocycles. The maximum Gasteiger partial charge on any atom is 0.240 e. The fourth-order valence-corrected chi connectivity index (χ4v) is 7.58. The zero-order valence-corrected chi connectivity index (χ0v) is 24.3. The Hall–Kier alpha value is -2.71. The van der Waals surface area contributed by atoms with Crippen LogP contribution in [0.25, 0.3) is 0 Å². The van der Waals surface area contributed by atoms with Crippen LogP contribution in [0.5, 0.6) is 5.75 Å². The Morgan fingerprint density at radius 2 is 1.52 bits per heavy atom. The Labute approximate surface area is 239 Å². The Morgan fingerprint density at radius 1 is 0.850 bits per heavy atom. The van der Waals surface area contributed by atoms with Gasteiger partial charge >= 0.3 is 0 Å². The molecule has 214 valence electrons. The van der Waals surface area contributed by atoms with Gasteiger partial charge in [0.15, 0.2) is 0 Å². The van der Waals surface area contributed by atoms with E-state index >= 15 is 0 Å². The third-order valence-corrected chi connectivity index (χ3v) is 10.4. The predicted molar refractivity (Wildman–Crippen MR) is 161 cm³/mol. The van der Waals surface area contributed by atoms with Crippen LogP contribution in [0.2, 0.25) is 0 Å². The Bertz CT molecular complexity index is 1340. The average Bonchev–Trinajstić information content (AvgIpc) is 3.00. The van der Waals surface area contributed by atoms with Gasteiger partial charge in [0.1, 0.15) is 5.75 Å². The summed E-state index contributed by atoms with van der Waals surface area (Å²) < 4.78 is 33.6. The van der Waals surface area contributed by atoms with Gasteiger partial charge in [-0.2, -0.15) is 0 Å². The van der Waals surface area contributed by atoms with Crippen molar-refractivity contribution < 1.29 is 13.2 Å². The molecule has 2 unspecified atom stereocenters. The molecule has 0 heterocycles. The highest BCUT2D eigenvalue weighted by atomic mass is 32.2. The standard InChI is InChI=1S/C33H43N3O3S/c1-39-29-16-17-31-28(20-29)15-18-33(32(31)19-24-7-9-25(21-34)10-8-24)35-22-26-11-13-27(14-12-26)23-36-40(37,38)30-5-3-2-4-6-30/h2-10,16-17,20,26-27,32-33,35-36H,11-15,18-19,21-23,34H2,1H3. The minimum Gasteiger partial charge on any atom is -0.497 e. The summed E-state index contributed by atoms with van der Waals surface area (Å²) in [6.07, 6.45) is 7.56. The highest BCUT2D eigenvalue weighted by Crippen LogP contribution is 2.37. The van der Waals surface area contributed by atoms with Crippen LogP contribution in [0, 0.1) is 11.8 Å². The van der Waals surface area contributed by atoms with Gasteiger partial charge in [0, 0.05) is 25.0 Å². The zero-order valence-electron chi connectivity index (χ0n) is 23.5. The van der Waals surface area contributed by atoms with Crippen LogP contribution in [0.15, 0.2) is 77.7 Å². The molecule has 2 aliphatic carbocycles. The van der Waals surface area contributed by atoms with Gasteiger partial charge in [0.2, 0.25) is 10.0 Å². The van der Waals surface area contributed by atoms with Gasteiger partial charge in [-0.25, -0.2) is 13.1 Å². The molecule has 5 rings (SSSR count). The predicted octanol–water partition coefficient (Wildman–Crippen LogP) is 5.17. The van der Waals surface area contributed by atoms with Crippen molar-refractivity contribution in [2.75, 3.05) is 20.2 Å². The molecule has 3 aromatic rings. The van der Waals surface area contributed by atoms with Gasteiger partial charge in [-0.1, -0.05) is 48.5 Å². The Kier molecular flexibility index (Phi) is 9.58. The quantitative estimate of drug-likeness (QED) is 0.300. The second-order valence-corrected chi connectivity index (χ2v) is 13.3. The smallest absolute Gasteiger partial charge is 0.240 e. The molecule has 1 saturated carbocycles. The minimum atomic E-state index is -3.44. The number of hydrogen-bond donors (Lipinski definition) is 3. The number of sulfonamides is 1. The summed E-state index contributed by atoms with van der Waals surface area (Å²) in [6.45, 7) is 2.10. The van der Waals surface area contributed by atoms with E-state index in [9.17, 15) is 8.42 Å². The Morgan fingerprint density at radius 3 is 2.20 bits per heavy atom. The van der Waals surface area contributed by atoms with E-state index < -0.39 is 10.0 Å². The van der Waals surface area contributed by atoms with Crippen LogP contribution in [0.3, 0.4) is 0 Å². The first kappa shape index (κ1) is 28.8. The third-order valence-electron chi connectivity index (χ3n) is 8.92. The lowest BCUT2D eigenvalue weighted by Crippen LogP contribution is -2.42.